The quantitative estimate of drug-likeness (QED) is 0.566. The van der Waals surface area contributed by atoms with Crippen LogP contribution in [0.3, 0.4) is 0 Å². The normalized spacial score (nSPS) is 12.4. The van der Waals surface area contributed by atoms with Crippen LogP contribution in [0.2, 0.25) is 0 Å². The van der Waals surface area contributed by atoms with Gasteiger partial charge in [-0.3, -0.25) is 0 Å². The van der Waals surface area contributed by atoms with Crippen LogP contribution in [0.1, 0.15) is 5.56 Å². The fraction of sp³-hybridized carbons (Fsp3) is 0.217. The molecule has 3 aromatic carbocycles. The van der Waals surface area contributed by atoms with Gasteiger partial charge in [0.1, 0.15) is 24.2 Å². The second kappa shape index (κ2) is 9.76. The standard InChI is InChI=1S/C23H25NO3/c1-26-23-11-5-4-8-19(23)10-6-14-24-16-21(25)17-27-22-13-12-18-7-2-3-9-20(18)15-22/h2-13,15,21,24-25H,14,16-17H2,1H3. The number of nitrogens with one attached hydrogen (secondary N) is 1. The van der Waals surface area contributed by atoms with Crippen molar-refractivity contribution in [2.45, 2.75) is 6.10 Å². The molecule has 0 saturated heterocycles. The van der Waals surface area contributed by atoms with Crippen molar-refractivity contribution in [2.24, 2.45) is 0 Å². The summed E-state index contributed by atoms with van der Waals surface area (Å²) >= 11 is 0. The molecule has 0 spiro atoms. The minimum atomic E-state index is -0.573. The van der Waals surface area contributed by atoms with E-state index in [1.807, 2.05) is 72.8 Å². The number of rotatable bonds is 9. The molecule has 0 bridgehead atoms. The molecule has 3 aromatic rings. The van der Waals surface area contributed by atoms with E-state index in [4.69, 9.17) is 9.47 Å². The van der Waals surface area contributed by atoms with Crippen LogP contribution in [0.4, 0.5) is 0 Å². The van der Waals surface area contributed by atoms with Gasteiger partial charge < -0.3 is 19.9 Å². The van der Waals surface area contributed by atoms with Gasteiger partial charge in [-0.15, -0.1) is 0 Å². The summed E-state index contributed by atoms with van der Waals surface area (Å²) in [6.07, 6.45) is 3.44. The van der Waals surface area contributed by atoms with Crippen LogP contribution in [-0.2, 0) is 0 Å². The molecule has 0 aliphatic carbocycles. The average molecular weight is 363 g/mol. The minimum Gasteiger partial charge on any atom is -0.496 e. The molecule has 0 aliphatic rings. The highest BCUT2D eigenvalue weighted by atomic mass is 16.5. The maximum absolute atomic E-state index is 10.1. The van der Waals surface area contributed by atoms with Gasteiger partial charge >= 0.3 is 0 Å². The highest BCUT2D eigenvalue weighted by Gasteiger charge is 2.05. The molecule has 0 heterocycles. The SMILES string of the molecule is COc1ccccc1C=CCNCC(O)COc1ccc2ccccc2c1. The van der Waals surface area contributed by atoms with Crippen molar-refractivity contribution < 1.29 is 14.6 Å². The highest BCUT2D eigenvalue weighted by Crippen LogP contribution is 2.20. The number of hydrogen-bond acceptors (Lipinski definition) is 4. The molecule has 27 heavy (non-hydrogen) atoms. The number of para-hydroxylation sites is 1. The van der Waals surface area contributed by atoms with Crippen molar-refractivity contribution in [1.82, 2.24) is 5.32 Å². The largest absolute Gasteiger partial charge is 0.496 e. The summed E-state index contributed by atoms with van der Waals surface area (Å²) in [5, 5.41) is 15.6. The predicted molar refractivity (Wildman–Crippen MR) is 110 cm³/mol. The van der Waals surface area contributed by atoms with Crippen molar-refractivity contribution in [2.75, 3.05) is 26.8 Å². The van der Waals surface area contributed by atoms with Crippen molar-refractivity contribution >= 4 is 16.8 Å². The zero-order chi connectivity index (χ0) is 18.9. The second-order valence-electron chi connectivity index (χ2n) is 6.28. The lowest BCUT2D eigenvalue weighted by molar-refractivity contribution is 0.107. The number of hydrogen-bond donors (Lipinski definition) is 2. The van der Waals surface area contributed by atoms with Gasteiger partial charge in [0.2, 0.25) is 0 Å². The first-order valence-electron chi connectivity index (χ1n) is 9.06. The molecule has 0 fully saturated rings. The van der Waals surface area contributed by atoms with Gasteiger partial charge in [-0.05, 0) is 29.0 Å². The van der Waals surface area contributed by atoms with Crippen LogP contribution in [-0.4, -0.2) is 38.0 Å². The Morgan fingerprint density at radius 3 is 2.63 bits per heavy atom. The summed E-state index contributed by atoms with van der Waals surface area (Å²) in [5.74, 6) is 1.61. The van der Waals surface area contributed by atoms with Gasteiger partial charge in [0.05, 0.1) is 7.11 Å². The summed E-state index contributed by atoms with van der Waals surface area (Å²) in [7, 11) is 1.66. The number of aliphatic hydroxyl groups is 1. The number of aliphatic hydroxyl groups excluding tert-OH is 1. The third-order valence-electron chi connectivity index (χ3n) is 4.24. The van der Waals surface area contributed by atoms with E-state index >= 15 is 0 Å². The van der Waals surface area contributed by atoms with Gasteiger partial charge in [-0.2, -0.15) is 0 Å². The Labute approximate surface area is 160 Å². The van der Waals surface area contributed by atoms with Gasteiger partial charge in [0.15, 0.2) is 0 Å². The van der Waals surface area contributed by atoms with Crippen LogP contribution in [0.15, 0.2) is 72.8 Å². The molecular formula is C23H25NO3. The van der Waals surface area contributed by atoms with Crippen molar-refractivity contribution in [3.8, 4) is 11.5 Å². The lowest BCUT2D eigenvalue weighted by atomic mass is 10.1. The van der Waals surface area contributed by atoms with E-state index in [9.17, 15) is 5.11 Å². The van der Waals surface area contributed by atoms with Crippen LogP contribution in [0.25, 0.3) is 16.8 Å². The lowest BCUT2D eigenvalue weighted by Gasteiger charge is -2.13. The molecule has 1 atom stereocenters. The third-order valence-corrected chi connectivity index (χ3v) is 4.24. The number of benzene rings is 3. The molecular weight excluding hydrogens is 338 g/mol. The Morgan fingerprint density at radius 2 is 1.78 bits per heavy atom. The molecule has 0 aromatic heterocycles. The van der Waals surface area contributed by atoms with Crippen LogP contribution < -0.4 is 14.8 Å². The fourth-order valence-electron chi connectivity index (χ4n) is 2.83. The first-order valence-corrected chi connectivity index (χ1v) is 9.06. The molecule has 4 heteroatoms. The summed E-state index contributed by atoms with van der Waals surface area (Å²) in [5.41, 5.74) is 1.03. The number of methoxy groups -OCH3 is 1. The Morgan fingerprint density at radius 1 is 1.00 bits per heavy atom. The van der Waals surface area contributed by atoms with Crippen LogP contribution >= 0.6 is 0 Å². The molecule has 0 amide bonds. The minimum absolute atomic E-state index is 0.252. The summed E-state index contributed by atoms with van der Waals surface area (Å²) in [4.78, 5) is 0. The first kappa shape index (κ1) is 19.0. The molecule has 3 rings (SSSR count). The first-order chi connectivity index (χ1) is 13.3. The zero-order valence-electron chi connectivity index (χ0n) is 15.5. The maximum Gasteiger partial charge on any atom is 0.126 e. The van der Waals surface area contributed by atoms with E-state index in [0.717, 1.165) is 22.4 Å². The van der Waals surface area contributed by atoms with Crippen molar-refractivity contribution in [3.05, 3.63) is 78.4 Å². The Kier molecular flexibility index (Phi) is 6.85. The predicted octanol–water partition coefficient (Wildman–Crippen LogP) is 3.89. The van der Waals surface area contributed by atoms with Crippen LogP contribution in [0, 0.1) is 0 Å². The highest BCUT2D eigenvalue weighted by molar-refractivity contribution is 5.83. The van der Waals surface area contributed by atoms with Crippen molar-refractivity contribution in [3.63, 3.8) is 0 Å². The van der Waals surface area contributed by atoms with E-state index in [2.05, 4.69) is 11.4 Å². The van der Waals surface area contributed by atoms with Gasteiger partial charge in [-0.1, -0.05) is 60.7 Å². The van der Waals surface area contributed by atoms with E-state index in [0.29, 0.717) is 13.1 Å². The smallest absolute Gasteiger partial charge is 0.126 e. The summed E-state index contributed by atoms with van der Waals surface area (Å²) in [6, 6.07) is 21.9. The second-order valence-corrected chi connectivity index (χ2v) is 6.28. The molecule has 2 N–H and O–H groups in total. The number of fused-ring (bicyclic) bond motifs is 1. The van der Waals surface area contributed by atoms with E-state index < -0.39 is 6.10 Å². The molecule has 0 radical (unpaired) electrons. The molecule has 0 saturated carbocycles. The summed E-state index contributed by atoms with van der Waals surface area (Å²) in [6.45, 7) is 1.37. The monoisotopic (exact) mass is 363 g/mol. The molecule has 0 aliphatic heterocycles. The fourth-order valence-corrected chi connectivity index (χ4v) is 2.83. The van der Waals surface area contributed by atoms with E-state index in [-0.39, 0.29) is 6.61 Å². The number of ether oxygens (including phenoxy) is 2. The van der Waals surface area contributed by atoms with Gasteiger partial charge in [0.25, 0.3) is 0 Å². The van der Waals surface area contributed by atoms with E-state index in [1.54, 1.807) is 7.11 Å². The van der Waals surface area contributed by atoms with Crippen molar-refractivity contribution in [1.29, 1.82) is 0 Å². The summed E-state index contributed by atoms with van der Waals surface area (Å²) < 4.78 is 11.0. The Bertz CT molecular complexity index is 891. The zero-order valence-corrected chi connectivity index (χ0v) is 15.5. The van der Waals surface area contributed by atoms with Crippen LogP contribution in [0.5, 0.6) is 11.5 Å². The molecule has 1 unspecified atom stereocenters. The van der Waals surface area contributed by atoms with Gasteiger partial charge in [0, 0.05) is 18.7 Å². The van der Waals surface area contributed by atoms with Gasteiger partial charge in [-0.25, -0.2) is 0 Å². The topological polar surface area (TPSA) is 50.7 Å². The molecule has 4 nitrogen and oxygen atoms in total. The Hall–Kier alpha value is -2.82. The van der Waals surface area contributed by atoms with E-state index in [1.165, 1.54) is 5.39 Å². The maximum atomic E-state index is 10.1. The average Bonchev–Trinajstić information content (AvgIpc) is 2.72. The Balaban J connectivity index is 1.40. The third kappa shape index (κ3) is 5.58. The lowest BCUT2D eigenvalue weighted by Crippen LogP contribution is -2.31. The molecule has 140 valence electrons.